The summed E-state index contributed by atoms with van der Waals surface area (Å²) in [6.07, 6.45) is 2.02. The summed E-state index contributed by atoms with van der Waals surface area (Å²) in [5.41, 5.74) is 0. The Kier molecular flexibility index (Phi) is 3.50. The predicted octanol–water partition coefficient (Wildman–Crippen LogP) is 1.20. The Labute approximate surface area is 106 Å². The first-order valence-corrected chi connectivity index (χ1v) is 5.96. The van der Waals surface area contributed by atoms with Crippen molar-refractivity contribution in [3.05, 3.63) is 30.5 Å². The summed E-state index contributed by atoms with van der Waals surface area (Å²) in [5.74, 6) is 1.06. The van der Waals surface area contributed by atoms with E-state index in [1.165, 1.54) is 11.0 Å². The lowest BCUT2D eigenvalue weighted by Gasteiger charge is -2.32. The van der Waals surface area contributed by atoms with Gasteiger partial charge >= 0.3 is 0 Å². The molecule has 5 heteroatoms. The van der Waals surface area contributed by atoms with E-state index in [-0.39, 0.29) is 18.4 Å². The van der Waals surface area contributed by atoms with Crippen molar-refractivity contribution >= 4 is 17.7 Å². The van der Waals surface area contributed by atoms with Gasteiger partial charge in [0, 0.05) is 25.6 Å². The molecule has 0 aromatic carbocycles. The van der Waals surface area contributed by atoms with E-state index in [1.54, 1.807) is 11.0 Å². The fourth-order valence-electron chi connectivity index (χ4n) is 1.93. The van der Waals surface area contributed by atoms with Crippen LogP contribution in [0.25, 0.3) is 0 Å². The van der Waals surface area contributed by atoms with Gasteiger partial charge in [-0.3, -0.25) is 14.5 Å². The van der Waals surface area contributed by atoms with Crippen LogP contribution in [0.1, 0.15) is 12.7 Å². The zero-order valence-electron chi connectivity index (χ0n) is 10.4. The van der Waals surface area contributed by atoms with Crippen molar-refractivity contribution in [3.63, 3.8) is 0 Å². The molecule has 2 rings (SSSR count). The summed E-state index contributed by atoms with van der Waals surface area (Å²) in [6.45, 7) is 6.44. The normalized spacial score (nSPS) is 15.9. The smallest absolute Gasteiger partial charge is 0.248 e. The second-order valence-electron chi connectivity index (χ2n) is 4.10. The monoisotopic (exact) mass is 248 g/mol. The predicted molar refractivity (Wildman–Crippen MR) is 67.2 cm³/mol. The van der Waals surface area contributed by atoms with Crippen LogP contribution in [0.2, 0.25) is 0 Å². The van der Waals surface area contributed by atoms with E-state index in [4.69, 9.17) is 4.42 Å². The zero-order valence-corrected chi connectivity index (χ0v) is 10.4. The number of furan rings is 1. The van der Waals surface area contributed by atoms with Crippen LogP contribution >= 0.6 is 0 Å². The van der Waals surface area contributed by atoms with Gasteiger partial charge in [-0.25, -0.2) is 0 Å². The molecule has 0 radical (unpaired) electrons. The summed E-state index contributed by atoms with van der Waals surface area (Å²) in [7, 11) is 0. The van der Waals surface area contributed by atoms with E-state index < -0.39 is 0 Å². The molecular formula is C13H16N2O3. The number of piperazine rings is 1. The van der Waals surface area contributed by atoms with Crippen LogP contribution in [0.5, 0.6) is 0 Å². The highest BCUT2D eigenvalue weighted by atomic mass is 16.4. The molecule has 0 aliphatic carbocycles. The molecule has 1 saturated heterocycles. The summed E-state index contributed by atoms with van der Waals surface area (Å²) in [6, 6.07) is 3.66. The molecule has 0 spiro atoms. The van der Waals surface area contributed by atoms with Gasteiger partial charge in [-0.1, -0.05) is 13.5 Å². The quantitative estimate of drug-likeness (QED) is 0.755. The van der Waals surface area contributed by atoms with E-state index in [0.717, 1.165) is 12.2 Å². The maximum atomic E-state index is 12.0. The average Bonchev–Trinajstić information content (AvgIpc) is 2.86. The number of aryl methyl sites for hydroxylation is 1. The maximum Gasteiger partial charge on any atom is 0.248 e. The second-order valence-corrected chi connectivity index (χ2v) is 4.10. The van der Waals surface area contributed by atoms with E-state index in [0.29, 0.717) is 19.0 Å². The fourth-order valence-corrected chi connectivity index (χ4v) is 1.93. The molecule has 0 saturated carbocycles. The van der Waals surface area contributed by atoms with Crippen molar-refractivity contribution in [2.45, 2.75) is 13.3 Å². The molecule has 1 aliphatic rings. The van der Waals surface area contributed by atoms with Gasteiger partial charge in [0.2, 0.25) is 17.7 Å². The van der Waals surface area contributed by atoms with Crippen molar-refractivity contribution in [1.29, 1.82) is 0 Å². The highest BCUT2D eigenvalue weighted by Gasteiger charge is 2.28. The molecule has 96 valence electrons. The summed E-state index contributed by atoms with van der Waals surface area (Å²) in [4.78, 5) is 26.4. The minimum Gasteiger partial charge on any atom is -0.445 e. The topological polar surface area (TPSA) is 53.8 Å². The maximum absolute atomic E-state index is 12.0. The Morgan fingerprint density at radius 2 is 2.28 bits per heavy atom. The minimum atomic E-state index is -0.211. The Morgan fingerprint density at radius 3 is 2.83 bits per heavy atom. The van der Waals surface area contributed by atoms with Gasteiger partial charge in [0.05, 0.1) is 0 Å². The number of nitrogens with zero attached hydrogens (tertiary/aromatic N) is 2. The van der Waals surface area contributed by atoms with Gasteiger partial charge in [0.15, 0.2) is 0 Å². The standard InChI is InChI=1S/C13H16N2O3/c1-3-10-5-6-13(18-10)15-8-7-14(9-12(15)17)11(16)4-2/h4-6H,2-3,7-9H2,1H3. The Bertz CT molecular complexity index is 478. The molecule has 0 bridgehead atoms. The lowest BCUT2D eigenvalue weighted by molar-refractivity contribution is -0.133. The molecule has 0 atom stereocenters. The van der Waals surface area contributed by atoms with E-state index in [1.807, 2.05) is 13.0 Å². The van der Waals surface area contributed by atoms with Gasteiger partial charge in [0.1, 0.15) is 12.3 Å². The Balaban J connectivity index is 2.07. The molecule has 1 aliphatic heterocycles. The number of amides is 2. The SMILES string of the molecule is C=CC(=O)N1CCN(c2ccc(CC)o2)C(=O)C1. The lowest BCUT2D eigenvalue weighted by atomic mass is 10.3. The summed E-state index contributed by atoms with van der Waals surface area (Å²) >= 11 is 0. The molecule has 2 heterocycles. The van der Waals surface area contributed by atoms with Gasteiger partial charge in [-0.2, -0.15) is 0 Å². The largest absolute Gasteiger partial charge is 0.445 e. The van der Waals surface area contributed by atoms with Gasteiger partial charge in [-0.05, 0) is 12.1 Å². The van der Waals surface area contributed by atoms with Gasteiger partial charge < -0.3 is 9.32 Å². The first kappa shape index (κ1) is 12.4. The van der Waals surface area contributed by atoms with Crippen LogP contribution in [0, 0.1) is 0 Å². The van der Waals surface area contributed by atoms with Crippen molar-refractivity contribution in [1.82, 2.24) is 4.90 Å². The van der Waals surface area contributed by atoms with E-state index in [2.05, 4.69) is 6.58 Å². The number of carbonyl (C=O) groups excluding carboxylic acids is 2. The molecule has 0 unspecified atom stereocenters. The van der Waals surface area contributed by atoms with Crippen LogP contribution in [-0.2, 0) is 16.0 Å². The number of carbonyl (C=O) groups is 2. The van der Waals surface area contributed by atoms with E-state index in [9.17, 15) is 9.59 Å². The molecular weight excluding hydrogens is 232 g/mol. The molecule has 5 nitrogen and oxygen atoms in total. The lowest BCUT2D eigenvalue weighted by Crippen LogP contribution is -2.52. The third-order valence-electron chi connectivity index (χ3n) is 2.97. The zero-order chi connectivity index (χ0) is 13.1. The van der Waals surface area contributed by atoms with E-state index >= 15 is 0 Å². The molecule has 0 N–H and O–H groups in total. The number of hydrogen-bond acceptors (Lipinski definition) is 3. The first-order chi connectivity index (χ1) is 8.65. The molecule has 18 heavy (non-hydrogen) atoms. The van der Waals surface area contributed by atoms with Crippen LogP contribution < -0.4 is 4.90 Å². The highest BCUT2D eigenvalue weighted by molar-refractivity contribution is 5.98. The number of hydrogen-bond donors (Lipinski definition) is 0. The van der Waals surface area contributed by atoms with Crippen molar-refractivity contribution in [3.8, 4) is 0 Å². The van der Waals surface area contributed by atoms with Crippen molar-refractivity contribution in [2.24, 2.45) is 0 Å². The number of anilines is 1. The van der Waals surface area contributed by atoms with Crippen LogP contribution in [0.3, 0.4) is 0 Å². The summed E-state index contributed by atoms with van der Waals surface area (Å²) < 4.78 is 5.55. The minimum absolute atomic E-state index is 0.0764. The third kappa shape index (κ3) is 2.30. The second kappa shape index (κ2) is 5.08. The highest BCUT2D eigenvalue weighted by Crippen LogP contribution is 2.21. The average molecular weight is 248 g/mol. The summed E-state index contributed by atoms with van der Waals surface area (Å²) in [5, 5.41) is 0. The fraction of sp³-hybridized carbons (Fsp3) is 0.385. The van der Waals surface area contributed by atoms with Crippen molar-refractivity contribution < 1.29 is 14.0 Å². The van der Waals surface area contributed by atoms with Crippen LogP contribution in [0.4, 0.5) is 5.88 Å². The Hall–Kier alpha value is -2.04. The molecule has 1 aromatic rings. The first-order valence-electron chi connectivity index (χ1n) is 5.96. The molecule has 2 amide bonds. The van der Waals surface area contributed by atoms with Gasteiger partial charge in [-0.15, -0.1) is 0 Å². The van der Waals surface area contributed by atoms with Gasteiger partial charge in [0.25, 0.3) is 0 Å². The number of rotatable bonds is 3. The van der Waals surface area contributed by atoms with Crippen LogP contribution in [-0.4, -0.2) is 36.3 Å². The van der Waals surface area contributed by atoms with Crippen LogP contribution in [0.15, 0.2) is 29.2 Å². The molecule has 1 fully saturated rings. The van der Waals surface area contributed by atoms with Crippen molar-refractivity contribution in [2.75, 3.05) is 24.5 Å². The molecule has 1 aromatic heterocycles. The Morgan fingerprint density at radius 1 is 1.50 bits per heavy atom. The third-order valence-corrected chi connectivity index (χ3v) is 2.97.